The summed E-state index contributed by atoms with van der Waals surface area (Å²) in [5, 5.41) is 10.7. The second kappa shape index (κ2) is 25.4. The maximum atomic E-state index is 14.9. The Bertz CT molecular complexity index is 3540. The van der Waals surface area contributed by atoms with Gasteiger partial charge in [-0.3, -0.25) is 57.9 Å². The molecule has 0 aliphatic carbocycles. The normalized spacial score (nSPS) is 18.1. The average molecular weight is 1170 g/mol. The van der Waals surface area contributed by atoms with Crippen LogP contribution in [0.3, 0.4) is 0 Å². The van der Waals surface area contributed by atoms with Crippen molar-refractivity contribution in [2.45, 2.75) is 108 Å². The second-order valence-electron chi connectivity index (χ2n) is 21.7. The number of urea groups is 1. The Balaban J connectivity index is 0.857. The molecule has 4 aliphatic rings. The van der Waals surface area contributed by atoms with Crippen LogP contribution in [0.2, 0.25) is 0 Å². The molecule has 1 aromatic heterocycles. The molecule has 9 amide bonds. The van der Waals surface area contributed by atoms with Crippen LogP contribution in [0, 0.1) is 23.7 Å². The molecule has 4 aromatic carbocycles. The van der Waals surface area contributed by atoms with Gasteiger partial charge in [-0.1, -0.05) is 80.3 Å². The van der Waals surface area contributed by atoms with Crippen molar-refractivity contribution in [3.05, 3.63) is 135 Å². The number of carbonyl (C=O) groups excluding carboxylic acids is 10. The molecule has 2 fully saturated rings. The van der Waals surface area contributed by atoms with Crippen LogP contribution >= 0.6 is 18.9 Å². The monoisotopic (exact) mass is 1170 g/mol. The van der Waals surface area contributed by atoms with Gasteiger partial charge in [0.15, 0.2) is 5.78 Å². The molecule has 5 aromatic rings. The van der Waals surface area contributed by atoms with Gasteiger partial charge in [-0.15, -0.1) is 11.3 Å². The number of nitrogens with two attached hydrogens (primary N) is 1. The Kier molecular flexibility index (Phi) is 18.2. The van der Waals surface area contributed by atoms with E-state index in [1.807, 2.05) is 19.9 Å². The maximum Gasteiger partial charge on any atom is 0.396 e. The minimum atomic E-state index is -5.08. The molecule has 432 valence electrons. The topological polar surface area (TPSA) is 312 Å². The van der Waals surface area contributed by atoms with E-state index in [0.717, 1.165) is 23.3 Å². The van der Waals surface area contributed by atoms with Crippen LogP contribution in [0.15, 0.2) is 97.1 Å². The summed E-state index contributed by atoms with van der Waals surface area (Å²) in [7, 11) is -5.08. The molecular formula is C60H63N8O13PS. The number of Topliss-reactive ketones (excluding diaryl/α,β-unsaturated/α-hetero) is 1. The van der Waals surface area contributed by atoms with E-state index >= 15 is 0 Å². The van der Waals surface area contributed by atoms with Crippen molar-refractivity contribution in [2.75, 3.05) is 24.5 Å². The summed E-state index contributed by atoms with van der Waals surface area (Å²) in [4.78, 5) is 159. The lowest BCUT2D eigenvalue weighted by Crippen LogP contribution is -2.58. The number of fused-ring (bicyclic) bond motifs is 3. The Morgan fingerprint density at radius 2 is 1.59 bits per heavy atom. The minimum absolute atomic E-state index is 0.0316. The fourth-order valence-electron chi connectivity index (χ4n) is 11.3. The largest absolute Gasteiger partial charge is 0.396 e. The second-order valence-corrected chi connectivity index (χ2v) is 24.3. The fraction of sp³-hybridized carbons (Fsp3) is 0.367. The van der Waals surface area contributed by atoms with E-state index in [4.69, 9.17) is 5.73 Å². The first-order valence-electron chi connectivity index (χ1n) is 27.5. The Labute approximate surface area is 482 Å². The fourth-order valence-corrected chi connectivity index (χ4v) is 12.7. The lowest BCUT2D eigenvalue weighted by Gasteiger charge is -2.34. The Morgan fingerprint density at radius 3 is 2.30 bits per heavy atom. The first kappa shape index (κ1) is 59.3. The molecule has 21 nitrogen and oxygen atoms in total. The number of hydrogen-bond acceptors (Lipinski definition) is 12. The van der Waals surface area contributed by atoms with Gasteiger partial charge in [0, 0.05) is 78.9 Å². The van der Waals surface area contributed by atoms with Gasteiger partial charge in [0.25, 0.3) is 17.3 Å². The van der Waals surface area contributed by atoms with Crippen molar-refractivity contribution in [1.82, 2.24) is 31.1 Å². The third-order valence-electron chi connectivity index (χ3n) is 15.6. The van der Waals surface area contributed by atoms with Gasteiger partial charge in [0.2, 0.25) is 29.5 Å². The number of likely N-dealkylation sites (tertiary alicyclic amines) is 1. The van der Waals surface area contributed by atoms with Gasteiger partial charge in [-0.25, -0.2) is 4.79 Å². The molecule has 83 heavy (non-hydrogen) atoms. The number of rotatable bonds is 19. The average Bonchev–Trinajstić information content (AvgIpc) is 3.41. The predicted octanol–water partition coefficient (Wildman–Crippen LogP) is 5.05. The summed E-state index contributed by atoms with van der Waals surface area (Å²) >= 11 is 1.04. The van der Waals surface area contributed by atoms with Gasteiger partial charge in [0.05, 0.1) is 10.8 Å². The van der Waals surface area contributed by atoms with Gasteiger partial charge < -0.3 is 41.3 Å². The molecular weight excluding hydrogens is 1100 g/mol. The van der Waals surface area contributed by atoms with E-state index in [1.54, 1.807) is 71.6 Å². The lowest BCUT2D eigenvalue weighted by atomic mass is 9.87. The number of benzene rings is 4. The first-order chi connectivity index (χ1) is 39.6. The van der Waals surface area contributed by atoms with Gasteiger partial charge >= 0.3 is 13.6 Å². The number of primary amides is 1. The van der Waals surface area contributed by atoms with Crippen molar-refractivity contribution in [3.63, 3.8) is 0 Å². The number of amides is 9. The number of anilines is 1. The molecule has 4 aliphatic heterocycles. The van der Waals surface area contributed by atoms with Crippen LogP contribution in [0.1, 0.15) is 124 Å². The third-order valence-corrected chi connectivity index (χ3v) is 17.5. The molecule has 5 heterocycles. The number of carbonyl (C=O) groups is 10. The molecule has 5 atom stereocenters. The molecule has 0 spiro atoms. The molecule has 2 saturated heterocycles. The number of thiophene rings is 1. The van der Waals surface area contributed by atoms with Crippen molar-refractivity contribution in [2.24, 2.45) is 17.6 Å². The molecule has 1 unspecified atom stereocenters. The molecule has 0 saturated carbocycles. The van der Waals surface area contributed by atoms with Gasteiger partial charge in [-0.2, -0.15) is 0 Å². The molecule has 9 rings (SSSR count). The number of para-hydroxylation sites is 1. The van der Waals surface area contributed by atoms with Crippen molar-refractivity contribution < 1.29 is 62.3 Å². The van der Waals surface area contributed by atoms with Crippen LogP contribution in [-0.2, 0) is 46.3 Å². The number of ketones is 1. The van der Waals surface area contributed by atoms with Crippen LogP contribution in [-0.4, -0.2) is 122 Å². The third kappa shape index (κ3) is 13.6. The summed E-state index contributed by atoms with van der Waals surface area (Å²) in [5.41, 5.74) is 7.45. The zero-order valence-corrected chi connectivity index (χ0v) is 47.3. The van der Waals surface area contributed by atoms with Crippen molar-refractivity contribution >= 4 is 93.4 Å². The zero-order valence-electron chi connectivity index (χ0n) is 45.6. The van der Waals surface area contributed by atoms with Gasteiger partial charge in [-0.05, 0) is 108 Å². The highest BCUT2D eigenvalue weighted by Crippen LogP contribution is 2.41. The summed E-state index contributed by atoms with van der Waals surface area (Å²) < 4.78 is 12.2. The van der Waals surface area contributed by atoms with Crippen LogP contribution in [0.25, 0.3) is 10.1 Å². The van der Waals surface area contributed by atoms with E-state index in [-0.39, 0.29) is 78.6 Å². The predicted molar refractivity (Wildman–Crippen MR) is 307 cm³/mol. The summed E-state index contributed by atoms with van der Waals surface area (Å²) in [6, 6.07) is 21.0. The van der Waals surface area contributed by atoms with E-state index in [0.29, 0.717) is 70.4 Å². The van der Waals surface area contributed by atoms with E-state index in [2.05, 4.69) is 33.1 Å². The molecule has 8 N–H and O–H groups in total. The molecule has 0 bridgehead atoms. The van der Waals surface area contributed by atoms with Crippen LogP contribution in [0.5, 0.6) is 0 Å². The Hall–Kier alpha value is -8.35. The highest BCUT2D eigenvalue weighted by molar-refractivity contribution is 7.70. The highest BCUT2D eigenvalue weighted by atomic mass is 32.1. The van der Waals surface area contributed by atoms with E-state index in [9.17, 15) is 62.3 Å². The minimum Gasteiger partial charge on any atom is -0.352 e. The van der Waals surface area contributed by atoms with Gasteiger partial charge in [0.1, 0.15) is 24.2 Å². The number of nitrogens with one attached hydrogen (secondary N) is 4. The van der Waals surface area contributed by atoms with Crippen molar-refractivity contribution in [3.8, 4) is 11.8 Å². The lowest BCUT2D eigenvalue weighted by molar-refractivity contribution is -0.137. The van der Waals surface area contributed by atoms with Crippen LogP contribution in [0.4, 0.5) is 10.5 Å². The maximum absolute atomic E-state index is 14.9. The Morgan fingerprint density at radius 1 is 0.855 bits per heavy atom. The molecule has 0 radical (unpaired) electrons. The summed E-state index contributed by atoms with van der Waals surface area (Å²) in [6.45, 7) is 4.34. The standard InChI is InChI=1S/C60H63N8O13PS/c1-34(2)27-44(63-55(73)51-30-40-28-39(19-21-50(40)83-51)59(77)82(79,80)81)58(76)68-46-18-9-8-15-38(46)29-48(68)54(72)64-45(32-62-60(61)78)49(69)31-42(36-12-4-3-5-13-36)56(74)66-25-23-35(24-26-66)11-6-7-14-37-16-10-17-41-43(37)33-67(57(41)75)47-20-22-52(70)65-53(47)71/h3-5,8-10,12-13,15-19,21,28,30,34-35,42,44-45,47-48H,6,11,20,22-27,29,31-33H2,1-2H3,(H,63,73)(H,64,72)(H3,61,62,78)(H,65,70,71)(H2,79,80,81)/t42-,44-,45-,47?,48-/m0/s1. The summed E-state index contributed by atoms with van der Waals surface area (Å²) in [6.07, 6.45) is 2.91. The zero-order chi connectivity index (χ0) is 59.3. The smallest absolute Gasteiger partial charge is 0.352 e. The highest BCUT2D eigenvalue weighted by Gasteiger charge is 2.44. The van der Waals surface area contributed by atoms with Crippen LogP contribution < -0.4 is 31.9 Å². The quantitative estimate of drug-likeness (QED) is 0.0324. The number of nitrogens with zero attached hydrogens (tertiary/aromatic N) is 3. The van der Waals surface area contributed by atoms with Crippen molar-refractivity contribution in [1.29, 1.82) is 0 Å². The summed E-state index contributed by atoms with van der Waals surface area (Å²) in [5.74, 6) is 1.65. The number of piperidine rings is 2. The molecule has 23 heteroatoms. The van der Waals surface area contributed by atoms with E-state index in [1.165, 1.54) is 34.1 Å². The first-order valence-corrected chi connectivity index (χ1v) is 29.9. The number of imide groups is 1. The van der Waals surface area contributed by atoms with E-state index < -0.39 is 85.2 Å². The number of hydrogen-bond donors (Lipinski definition) is 7. The SMILES string of the molecule is CC(C)C[C@H](NC(=O)c1cc2cc(C(=O)P(=O)(O)O)ccc2s1)C(=O)N1c2ccccc2C[C@H]1C(=O)N[C@@H](CNC(N)=O)C(=O)C[C@H](C(=O)N1CCC(CCC#Cc2cccc3c2CN(C2CCC(=O)NC2=O)C3=O)CC1)c1ccccc1.